The van der Waals surface area contributed by atoms with Gasteiger partial charge in [-0.1, -0.05) is 36.6 Å². The predicted octanol–water partition coefficient (Wildman–Crippen LogP) is 2.38. The zero-order chi connectivity index (χ0) is 19.3. The Balaban J connectivity index is 1.63. The molecular weight excluding hydrogens is 342 g/mol. The van der Waals surface area contributed by atoms with Crippen LogP contribution in [-0.2, 0) is 0 Å². The minimum absolute atomic E-state index is 0.0107. The van der Waals surface area contributed by atoms with Crippen LogP contribution in [0.25, 0.3) is 0 Å². The standard InChI is InChI=1S/C19H29N7O/c20-16(25-26-22)12-23-18(27)15-8-6-14(7-9-15)17(13-4-5-13)24-19(21)10-2-1-3-11-19/h6-9,13,17,24H,1-5,10-12,21H2,(H,23,27)(H3,20,22,25)/t17-/m1/s1. The van der Waals surface area contributed by atoms with Crippen LogP contribution in [-0.4, -0.2) is 24.0 Å². The van der Waals surface area contributed by atoms with E-state index in [0.717, 1.165) is 12.8 Å². The van der Waals surface area contributed by atoms with Crippen LogP contribution < -0.4 is 22.2 Å². The number of nitrogens with two attached hydrogens (primary N) is 2. The highest BCUT2D eigenvalue weighted by Crippen LogP contribution is 2.42. The van der Waals surface area contributed by atoms with E-state index in [1.165, 1.54) is 37.7 Å². The second-order valence-electron chi connectivity index (χ2n) is 7.64. The molecule has 2 aliphatic carbocycles. The van der Waals surface area contributed by atoms with Crippen molar-refractivity contribution in [2.24, 2.45) is 27.8 Å². The molecule has 2 fully saturated rings. The van der Waals surface area contributed by atoms with E-state index in [1.54, 1.807) is 0 Å². The third-order valence-corrected chi connectivity index (χ3v) is 5.41. The van der Waals surface area contributed by atoms with Gasteiger partial charge in [0.1, 0.15) is 0 Å². The second kappa shape index (κ2) is 8.58. The molecule has 7 N–H and O–H groups in total. The summed E-state index contributed by atoms with van der Waals surface area (Å²) in [5.41, 5.74) is 8.06. The smallest absolute Gasteiger partial charge is 0.251 e. The van der Waals surface area contributed by atoms with Gasteiger partial charge in [0.05, 0.1) is 12.2 Å². The lowest BCUT2D eigenvalue weighted by Gasteiger charge is -2.38. The Morgan fingerprint density at radius 2 is 1.89 bits per heavy atom. The molecule has 0 heterocycles. The maximum absolute atomic E-state index is 12.2. The average molecular weight is 371 g/mol. The van der Waals surface area contributed by atoms with Crippen molar-refractivity contribution in [3.63, 3.8) is 0 Å². The van der Waals surface area contributed by atoms with E-state index in [2.05, 4.69) is 21.0 Å². The normalized spacial score (nSPS) is 20.3. The van der Waals surface area contributed by atoms with Gasteiger partial charge < -0.3 is 16.9 Å². The Hall–Kier alpha value is -2.32. The molecule has 0 spiro atoms. The van der Waals surface area contributed by atoms with Gasteiger partial charge in [-0.3, -0.25) is 15.5 Å². The van der Waals surface area contributed by atoms with Crippen molar-refractivity contribution in [2.75, 3.05) is 6.54 Å². The number of amidine groups is 1. The molecule has 27 heavy (non-hydrogen) atoms. The first-order chi connectivity index (χ1) is 13.0. The van der Waals surface area contributed by atoms with Crippen molar-refractivity contribution >= 4 is 11.7 Å². The highest BCUT2D eigenvalue weighted by molar-refractivity contribution is 5.96. The number of rotatable bonds is 7. The first-order valence-corrected chi connectivity index (χ1v) is 9.64. The number of amides is 1. The Kier molecular flexibility index (Phi) is 6.18. The van der Waals surface area contributed by atoms with Crippen molar-refractivity contribution in [1.82, 2.24) is 10.6 Å². The molecule has 2 aliphatic rings. The summed E-state index contributed by atoms with van der Waals surface area (Å²) >= 11 is 0. The fraction of sp³-hybridized carbons (Fsp3) is 0.579. The lowest BCUT2D eigenvalue weighted by atomic mass is 9.87. The topological polar surface area (TPSA) is 142 Å². The maximum Gasteiger partial charge on any atom is 0.251 e. The summed E-state index contributed by atoms with van der Waals surface area (Å²) in [6.07, 6.45) is 8.09. The van der Waals surface area contributed by atoms with Gasteiger partial charge in [0.2, 0.25) is 0 Å². The summed E-state index contributed by atoms with van der Waals surface area (Å²) in [5, 5.41) is 20.2. The maximum atomic E-state index is 12.2. The van der Waals surface area contributed by atoms with Crippen LogP contribution in [0.1, 0.15) is 66.9 Å². The minimum atomic E-state index is -0.278. The molecule has 8 heteroatoms. The van der Waals surface area contributed by atoms with Gasteiger partial charge in [0, 0.05) is 11.6 Å². The number of nitrogens with zero attached hydrogens (tertiary/aromatic N) is 2. The second-order valence-corrected chi connectivity index (χ2v) is 7.64. The first kappa shape index (κ1) is 19.4. The number of hydrogen-bond donors (Lipinski definition) is 5. The molecule has 0 radical (unpaired) electrons. The molecule has 0 saturated heterocycles. The number of nitrogens with one attached hydrogen (secondary N) is 3. The van der Waals surface area contributed by atoms with E-state index in [9.17, 15) is 4.79 Å². The van der Waals surface area contributed by atoms with Crippen molar-refractivity contribution in [3.8, 4) is 0 Å². The molecule has 0 bridgehead atoms. The molecule has 0 unspecified atom stereocenters. The van der Waals surface area contributed by atoms with Gasteiger partial charge in [0.25, 0.3) is 5.91 Å². The Morgan fingerprint density at radius 3 is 2.48 bits per heavy atom. The summed E-state index contributed by atoms with van der Waals surface area (Å²) < 4.78 is 0. The zero-order valence-corrected chi connectivity index (χ0v) is 15.6. The summed E-state index contributed by atoms with van der Waals surface area (Å²) in [6.45, 7) is -0.0107. The largest absolute Gasteiger partial charge is 0.345 e. The average Bonchev–Trinajstić information content (AvgIpc) is 3.50. The van der Waals surface area contributed by atoms with Crippen LogP contribution >= 0.6 is 0 Å². The molecule has 8 nitrogen and oxygen atoms in total. The molecule has 0 aliphatic heterocycles. The Labute approximate surface area is 159 Å². The van der Waals surface area contributed by atoms with Crippen LogP contribution in [0, 0.1) is 11.3 Å². The highest BCUT2D eigenvalue weighted by atomic mass is 16.1. The number of carbonyl (C=O) groups excluding carboxylic acids is 1. The van der Waals surface area contributed by atoms with Crippen molar-refractivity contribution in [3.05, 3.63) is 35.4 Å². The SMILES string of the molecule is N=C(CNC(=O)c1ccc([C@H](NC2(N)CCCCC2)C2CC2)cc1)/N=N\N. The zero-order valence-electron chi connectivity index (χ0n) is 15.6. The highest BCUT2D eigenvalue weighted by Gasteiger charge is 2.38. The molecule has 3 rings (SSSR count). The van der Waals surface area contributed by atoms with E-state index >= 15 is 0 Å². The van der Waals surface area contributed by atoms with Gasteiger partial charge >= 0.3 is 0 Å². The number of benzene rings is 1. The molecule has 146 valence electrons. The van der Waals surface area contributed by atoms with E-state index in [1.807, 2.05) is 24.3 Å². The molecule has 1 aromatic carbocycles. The molecule has 1 atom stereocenters. The van der Waals surface area contributed by atoms with E-state index in [0.29, 0.717) is 11.5 Å². The van der Waals surface area contributed by atoms with Crippen molar-refractivity contribution in [1.29, 1.82) is 5.41 Å². The van der Waals surface area contributed by atoms with E-state index in [4.69, 9.17) is 17.0 Å². The number of hydrogen-bond acceptors (Lipinski definition) is 5. The van der Waals surface area contributed by atoms with Crippen LogP contribution in [0.2, 0.25) is 0 Å². The quantitative estimate of drug-likeness (QED) is 0.125. The molecule has 1 aromatic rings. The van der Waals surface area contributed by atoms with Gasteiger partial charge in [-0.25, -0.2) is 0 Å². The fourth-order valence-corrected chi connectivity index (χ4v) is 3.75. The van der Waals surface area contributed by atoms with Crippen LogP contribution in [0.5, 0.6) is 0 Å². The molecule has 0 aromatic heterocycles. The molecule has 1 amide bonds. The van der Waals surface area contributed by atoms with Crippen molar-refractivity contribution < 1.29 is 4.79 Å². The van der Waals surface area contributed by atoms with Gasteiger partial charge in [-0.15, -0.1) is 5.11 Å². The van der Waals surface area contributed by atoms with Crippen LogP contribution in [0.3, 0.4) is 0 Å². The summed E-state index contributed by atoms with van der Waals surface area (Å²) in [7, 11) is 0. The van der Waals surface area contributed by atoms with Gasteiger partial charge in [0.15, 0.2) is 5.84 Å². The van der Waals surface area contributed by atoms with Gasteiger partial charge in [-0.2, -0.15) is 0 Å². The summed E-state index contributed by atoms with van der Waals surface area (Å²) in [6, 6.07) is 7.88. The first-order valence-electron chi connectivity index (χ1n) is 9.64. The lowest BCUT2D eigenvalue weighted by Crippen LogP contribution is -2.56. The Bertz CT molecular complexity index is 691. The summed E-state index contributed by atoms with van der Waals surface area (Å²) in [5.74, 6) is 5.16. The lowest BCUT2D eigenvalue weighted by molar-refractivity contribution is 0.0959. The van der Waals surface area contributed by atoms with Crippen molar-refractivity contribution in [2.45, 2.75) is 56.7 Å². The minimum Gasteiger partial charge on any atom is -0.345 e. The monoisotopic (exact) mass is 371 g/mol. The third-order valence-electron chi connectivity index (χ3n) is 5.41. The molecule has 2 saturated carbocycles. The fourth-order valence-electron chi connectivity index (χ4n) is 3.75. The van der Waals surface area contributed by atoms with Gasteiger partial charge in [-0.05, 0) is 49.3 Å². The molecular formula is C19H29N7O. The number of carbonyl (C=O) groups is 1. The Morgan fingerprint density at radius 1 is 1.22 bits per heavy atom. The predicted molar refractivity (Wildman–Crippen MR) is 104 cm³/mol. The third kappa shape index (κ3) is 5.33. The summed E-state index contributed by atoms with van der Waals surface area (Å²) in [4.78, 5) is 12.2. The van der Waals surface area contributed by atoms with Crippen LogP contribution in [0.4, 0.5) is 0 Å². The van der Waals surface area contributed by atoms with Crippen LogP contribution in [0.15, 0.2) is 34.6 Å². The van der Waals surface area contributed by atoms with E-state index < -0.39 is 0 Å². The van der Waals surface area contributed by atoms with E-state index in [-0.39, 0.29) is 30.0 Å².